The third-order valence-corrected chi connectivity index (χ3v) is 7.32. The van der Waals surface area contributed by atoms with Gasteiger partial charge in [0.25, 0.3) is 0 Å². The van der Waals surface area contributed by atoms with Gasteiger partial charge in [0.15, 0.2) is 0 Å². The predicted octanol–water partition coefficient (Wildman–Crippen LogP) is 5.10. The monoisotopic (exact) mass is 347 g/mol. The van der Waals surface area contributed by atoms with Crippen LogP contribution in [0.15, 0.2) is 89.9 Å². The fraction of sp³-hybridized carbons (Fsp3) is 0.136. The standard InChI is InChI=1S/C22H22NOP/c1-18-13-15-20(16-14-18)23-19(2)17-25(24,21-9-5-3-6-10-21)22-11-7-4-8-12-22/h3-16H,17H2,1-2H3. The Balaban J connectivity index is 1.99. The highest BCUT2D eigenvalue weighted by Crippen LogP contribution is 2.43. The Morgan fingerprint density at radius 3 is 1.76 bits per heavy atom. The molecular formula is C22H22NOP. The molecule has 0 saturated carbocycles. The summed E-state index contributed by atoms with van der Waals surface area (Å²) in [6.07, 6.45) is 0.439. The van der Waals surface area contributed by atoms with Gasteiger partial charge >= 0.3 is 0 Å². The van der Waals surface area contributed by atoms with Gasteiger partial charge in [0.2, 0.25) is 0 Å². The second-order valence-electron chi connectivity index (χ2n) is 6.25. The van der Waals surface area contributed by atoms with Crippen LogP contribution in [0.3, 0.4) is 0 Å². The molecule has 0 radical (unpaired) electrons. The number of aliphatic imine (C=N–C) groups is 1. The Hall–Kier alpha value is -2.44. The van der Waals surface area contributed by atoms with E-state index in [0.29, 0.717) is 6.16 Å². The SMILES string of the molecule is CC(CP(=O)(c1ccccc1)c1ccccc1)=Nc1ccc(C)cc1. The first-order valence-electron chi connectivity index (χ1n) is 8.39. The van der Waals surface area contributed by atoms with E-state index in [0.717, 1.165) is 22.0 Å². The zero-order valence-corrected chi connectivity index (χ0v) is 15.5. The Bertz CT molecular complexity index is 856. The van der Waals surface area contributed by atoms with Crippen LogP contribution in [0.4, 0.5) is 5.69 Å². The van der Waals surface area contributed by atoms with Crippen LogP contribution < -0.4 is 10.6 Å². The molecule has 0 N–H and O–H groups in total. The second kappa shape index (κ2) is 7.63. The molecule has 0 spiro atoms. The smallest absolute Gasteiger partial charge is 0.148 e. The molecular weight excluding hydrogens is 325 g/mol. The van der Waals surface area contributed by atoms with Crippen LogP contribution in [0.5, 0.6) is 0 Å². The van der Waals surface area contributed by atoms with E-state index in [9.17, 15) is 4.57 Å². The van der Waals surface area contributed by atoms with E-state index in [1.165, 1.54) is 5.56 Å². The molecule has 0 atom stereocenters. The Morgan fingerprint density at radius 1 is 0.800 bits per heavy atom. The zero-order valence-electron chi connectivity index (χ0n) is 14.6. The van der Waals surface area contributed by atoms with Crippen LogP contribution in [0.1, 0.15) is 12.5 Å². The van der Waals surface area contributed by atoms with Crippen molar-refractivity contribution in [2.24, 2.45) is 4.99 Å². The molecule has 0 aromatic heterocycles. The lowest BCUT2D eigenvalue weighted by atomic mass is 10.2. The lowest BCUT2D eigenvalue weighted by Gasteiger charge is -2.19. The third kappa shape index (κ3) is 4.15. The van der Waals surface area contributed by atoms with Crippen molar-refractivity contribution in [1.82, 2.24) is 0 Å². The molecule has 0 heterocycles. The fourth-order valence-electron chi connectivity index (χ4n) is 2.87. The number of nitrogens with zero attached hydrogens (tertiary/aromatic N) is 1. The van der Waals surface area contributed by atoms with E-state index < -0.39 is 7.14 Å². The normalized spacial score (nSPS) is 12.2. The lowest BCUT2D eigenvalue weighted by Crippen LogP contribution is -2.21. The van der Waals surface area contributed by atoms with Crippen LogP contribution >= 0.6 is 7.14 Å². The van der Waals surface area contributed by atoms with Crippen LogP contribution in [0, 0.1) is 6.92 Å². The van der Waals surface area contributed by atoms with Crippen LogP contribution in [0.25, 0.3) is 0 Å². The molecule has 0 amide bonds. The van der Waals surface area contributed by atoms with Gasteiger partial charge in [-0.05, 0) is 26.0 Å². The Morgan fingerprint density at radius 2 is 1.28 bits per heavy atom. The van der Waals surface area contributed by atoms with Crippen molar-refractivity contribution in [2.45, 2.75) is 13.8 Å². The lowest BCUT2D eigenvalue weighted by molar-refractivity contribution is 0.589. The van der Waals surface area contributed by atoms with E-state index in [2.05, 4.69) is 11.9 Å². The van der Waals surface area contributed by atoms with Crippen LogP contribution in [0.2, 0.25) is 0 Å². The number of hydrogen-bond acceptors (Lipinski definition) is 2. The molecule has 3 rings (SSSR count). The number of hydrogen-bond donors (Lipinski definition) is 0. The van der Waals surface area contributed by atoms with Gasteiger partial charge < -0.3 is 4.57 Å². The van der Waals surface area contributed by atoms with Gasteiger partial charge in [0.1, 0.15) is 7.14 Å². The molecule has 25 heavy (non-hydrogen) atoms. The maximum Gasteiger partial charge on any atom is 0.148 e. The molecule has 3 aromatic rings. The Labute approximate surface area is 149 Å². The molecule has 0 bridgehead atoms. The first kappa shape index (κ1) is 17.4. The number of benzene rings is 3. The molecule has 3 heteroatoms. The average Bonchev–Trinajstić information content (AvgIpc) is 2.65. The third-order valence-electron chi connectivity index (χ3n) is 4.15. The minimum atomic E-state index is -2.76. The topological polar surface area (TPSA) is 29.4 Å². The number of rotatable bonds is 5. The summed E-state index contributed by atoms with van der Waals surface area (Å²) in [6.45, 7) is 4.01. The molecule has 3 aromatic carbocycles. The van der Waals surface area contributed by atoms with Crippen molar-refractivity contribution in [3.63, 3.8) is 0 Å². The highest BCUT2D eigenvalue weighted by atomic mass is 31.2. The van der Waals surface area contributed by atoms with Gasteiger partial charge in [-0.2, -0.15) is 0 Å². The first-order chi connectivity index (χ1) is 12.1. The first-order valence-corrected chi connectivity index (χ1v) is 10.3. The van der Waals surface area contributed by atoms with Gasteiger partial charge in [-0.1, -0.05) is 78.4 Å². The van der Waals surface area contributed by atoms with Gasteiger partial charge in [-0.3, -0.25) is 4.99 Å². The summed E-state index contributed by atoms with van der Waals surface area (Å²) in [5, 5.41) is 1.75. The summed E-state index contributed by atoms with van der Waals surface area (Å²) in [5.41, 5.74) is 2.98. The molecule has 0 aliphatic rings. The maximum absolute atomic E-state index is 14.0. The zero-order chi connectivity index (χ0) is 17.7. The summed E-state index contributed by atoms with van der Waals surface area (Å²) in [4.78, 5) is 4.68. The van der Waals surface area contributed by atoms with Crippen LogP contribution in [-0.2, 0) is 4.57 Å². The maximum atomic E-state index is 14.0. The van der Waals surface area contributed by atoms with Crippen molar-refractivity contribution in [2.75, 3.05) is 6.16 Å². The van der Waals surface area contributed by atoms with Gasteiger partial charge in [0, 0.05) is 22.5 Å². The molecule has 2 nitrogen and oxygen atoms in total. The summed E-state index contributed by atoms with van der Waals surface area (Å²) in [7, 11) is -2.76. The van der Waals surface area contributed by atoms with E-state index in [1.54, 1.807) is 0 Å². The molecule has 0 fully saturated rings. The Kier molecular flexibility index (Phi) is 5.31. The van der Waals surface area contributed by atoms with Crippen molar-refractivity contribution in [3.8, 4) is 0 Å². The largest absolute Gasteiger partial charge is 0.313 e. The van der Waals surface area contributed by atoms with E-state index >= 15 is 0 Å². The van der Waals surface area contributed by atoms with E-state index in [-0.39, 0.29) is 0 Å². The van der Waals surface area contributed by atoms with E-state index in [4.69, 9.17) is 0 Å². The average molecular weight is 347 g/mol. The quantitative estimate of drug-likeness (QED) is 0.466. The minimum absolute atomic E-state index is 0.439. The summed E-state index contributed by atoms with van der Waals surface area (Å²) < 4.78 is 14.0. The highest BCUT2D eigenvalue weighted by Gasteiger charge is 2.27. The van der Waals surface area contributed by atoms with Crippen molar-refractivity contribution in [3.05, 3.63) is 90.5 Å². The number of aryl methyl sites for hydroxylation is 1. The van der Waals surface area contributed by atoms with Crippen LogP contribution in [-0.4, -0.2) is 11.9 Å². The second-order valence-corrected chi connectivity index (χ2v) is 9.08. The minimum Gasteiger partial charge on any atom is -0.313 e. The van der Waals surface area contributed by atoms with Gasteiger partial charge in [0.05, 0.1) is 5.69 Å². The predicted molar refractivity (Wildman–Crippen MR) is 109 cm³/mol. The van der Waals surface area contributed by atoms with Crippen molar-refractivity contribution in [1.29, 1.82) is 0 Å². The summed E-state index contributed by atoms with van der Waals surface area (Å²) >= 11 is 0. The van der Waals surface area contributed by atoms with Gasteiger partial charge in [-0.15, -0.1) is 0 Å². The summed E-state index contributed by atoms with van der Waals surface area (Å²) in [5.74, 6) is 0. The van der Waals surface area contributed by atoms with Gasteiger partial charge in [-0.25, -0.2) is 0 Å². The molecule has 0 aliphatic heterocycles. The molecule has 0 aliphatic carbocycles. The highest BCUT2D eigenvalue weighted by molar-refractivity contribution is 7.79. The van der Waals surface area contributed by atoms with E-state index in [1.807, 2.05) is 91.9 Å². The van der Waals surface area contributed by atoms with Crippen molar-refractivity contribution < 1.29 is 4.57 Å². The molecule has 0 saturated heterocycles. The summed E-state index contributed by atoms with van der Waals surface area (Å²) in [6, 6.07) is 27.5. The fourth-order valence-corrected chi connectivity index (χ4v) is 5.55. The van der Waals surface area contributed by atoms with Crippen molar-refractivity contribution >= 4 is 29.2 Å². The molecule has 0 unspecified atom stereocenters. The molecule has 126 valence electrons.